The number of rotatable bonds is 3. The molecule has 3 nitrogen and oxygen atoms in total. The van der Waals surface area contributed by atoms with Crippen LogP contribution in [0, 0.1) is 6.92 Å². The van der Waals surface area contributed by atoms with Gasteiger partial charge in [-0.15, -0.1) is 0 Å². The third kappa shape index (κ3) is 2.26. The molecule has 1 heterocycles. The summed E-state index contributed by atoms with van der Waals surface area (Å²) in [6.07, 6.45) is 2.33. The van der Waals surface area contributed by atoms with Crippen molar-refractivity contribution in [2.24, 2.45) is 5.73 Å². The molecule has 2 unspecified atom stereocenters. The highest BCUT2D eigenvalue weighted by atomic mass is 19.1. The molecule has 1 aromatic rings. The zero-order chi connectivity index (χ0) is 11.8. The Hall–Kier alpha value is -0.900. The average Bonchev–Trinajstić information content (AvgIpc) is 2.70. The maximum Gasteiger partial charge on any atom is 0.118 e. The molecule has 90 valence electrons. The van der Waals surface area contributed by atoms with Gasteiger partial charge >= 0.3 is 0 Å². The van der Waals surface area contributed by atoms with E-state index >= 15 is 0 Å². The van der Waals surface area contributed by atoms with E-state index in [1.807, 2.05) is 24.6 Å². The maximum absolute atomic E-state index is 14.5. The van der Waals surface area contributed by atoms with Crippen LogP contribution in [-0.4, -0.2) is 21.5 Å². The Bertz CT molecular complexity index is 374. The predicted molar refractivity (Wildman–Crippen MR) is 62.0 cm³/mol. The molecule has 4 heteroatoms. The Balaban J connectivity index is 2.14. The summed E-state index contributed by atoms with van der Waals surface area (Å²) in [6, 6.07) is 2.01. The molecule has 1 aromatic heterocycles. The summed E-state index contributed by atoms with van der Waals surface area (Å²) in [7, 11) is 0. The molecule has 1 aliphatic carbocycles. The molecule has 1 aliphatic rings. The first kappa shape index (κ1) is 11.6. The van der Waals surface area contributed by atoms with Crippen LogP contribution in [0.15, 0.2) is 6.07 Å². The van der Waals surface area contributed by atoms with Crippen LogP contribution in [0.5, 0.6) is 0 Å². The smallest absolute Gasteiger partial charge is 0.118 e. The normalized spacial score (nSPS) is 29.9. The highest BCUT2D eigenvalue weighted by Crippen LogP contribution is 2.35. The Morgan fingerprint density at radius 2 is 2.44 bits per heavy atom. The Labute approximate surface area is 95.8 Å². The molecule has 0 aliphatic heterocycles. The third-order valence-electron chi connectivity index (χ3n) is 3.37. The van der Waals surface area contributed by atoms with Crippen molar-refractivity contribution in [3.8, 4) is 0 Å². The summed E-state index contributed by atoms with van der Waals surface area (Å²) in [5.74, 6) is 0. The van der Waals surface area contributed by atoms with Crippen LogP contribution in [0.3, 0.4) is 0 Å². The largest absolute Gasteiger partial charge is 0.328 e. The van der Waals surface area contributed by atoms with Crippen molar-refractivity contribution in [2.45, 2.75) is 57.8 Å². The molecular weight excluding hydrogens is 205 g/mol. The van der Waals surface area contributed by atoms with Gasteiger partial charge in [0.25, 0.3) is 0 Å². The minimum Gasteiger partial charge on any atom is -0.328 e. The third-order valence-corrected chi connectivity index (χ3v) is 3.37. The lowest BCUT2D eigenvalue weighted by Crippen LogP contribution is -2.26. The van der Waals surface area contributed by atoms with Gasteiger partial charge in [0, 0.05) is 24.7 Å². The van der Waals surface area contributed by atoms with Gasteiger partial charge in [0.15, 0.2) is 0 Å². The number of halogens is 1. The summed E-state index contributed by atoms with van der Waals surface area (Å²) >= 11 is 0. The molecule has 0 amide bonds. The van der Waals surface area contributed by atoms with E-state index in [4.69, 9.17) is 5.73 Å². The van der Waals surface area contributed by atoms with Crippen LogP contribution in [0.4, 0.5) is 4.39 Å². The van der Waals surface area contributed by atoms with E-state index in [2.05, 4.69) is 5.10 Å². The number of aryl methyl sites for hydroxylation is 2. The number of nitrogens with zero attached hydrogens (tertiary/aromatic N) is 2. The van der Waals surface area contributed by atoms with E-state index in [9.17, 15) is 4.39 Å². The highest BCUT2D eigenvalue weighted by Gasteiger charge is 2.38. The molecular formula is C12H20FN3. The van der Waals surface area contributed by atoms with Gasteiger partial charge in [-0.1, -0.05) is 0 Å². The molecule has 0 aromatic carbocycles. The first-order valence-corrected chi connectivity index (χ1v) is 6.00. The van der Waals surface area contributed by atoms with E-state index in [0.717, 1.165) is 24.4 Å². The second-order valence-corrected chi connectivity index (χ2v) is 4.92. The van der Waals surface area contributed by atoms with Crippen LogP contribution in [0.25, 0.3) is 0 Å². The summed E-state index contributed by atoms with van der Waals surface area (Å²) < 4.78 is 16.3. The Morgan fingerprint density at radius 3 is 3.00 bits per heavy atom. The van der Waals surface area contributed by atoms with Crippen LogP contribution in [0.2, 0.25) is 0 Å². The highest BCUT2D eigenvalue weighted by molar-refractivity contribution is 5.13. The second-order valence-electron chi connectivity index (χ2n) is 4.92. The summed E-state index contributed by atoms with van der Waals surface area (Å²) in [4.78, 5) is 0. The van der Waals surface area contributed by atoms with Gasteiger partial charge in [0.05, 0.1) is 5.69 Å². The lowest BCUT2D eigenvalue weighted by atomic mass is 9.97. The van der Waals surface area contributed by atoms with E-state index in [1.54, 1.807) is 0 Å². The molecule has 2 N–H and O–H groups in total. The fraction of sp³-hybridized carbons (Fsp3) is 0.750. The second kappa shape index (κ2) is 4.17. The zero-order valence-electron chi connectivity index (χ0n) is 10.0. The van der Waals surface area contributed by atoms with E-state index in [-0.39, 0.29) is 6.04 Å². The van der Waals surface area contributed by atoms with Gasteiger partial charge < -0.3 is 5.73 Å². The number of nitrogens with two attached hydrogens (primary N) is 1. The van der Waals surface area contributed by atoms with Gasteiger partial charge in [-0.2, -0.15) is 5.10 Å². The van der Waals surface area contributed by atoms with Gasteiger partial charge in [0.2, 0.25) is 0 Å². The number of hydrogen-bond acceptors (Lipinski definition) is 2. The minimum absolute atomic E-state index is 0.0316. The minimum atomic E-state index is -1.11. The van der Waals surface area contributed by atoms with Crippen molar-refractivity contribution in [3.05, 3.63) is 17.5 Å². The predicted octanol–water partition coefficient (Wildman–Crippen LogP) is 1.97. The van der Waals surface area contributed by atoms with E-state index < -0.39 is 5.67 Å². The first-order valence-electron chi connectivity index (χ1n) is 6.00. The fourth-order valence-corrected chi connectivity index (χ4v) is 2.62. The molecule has 1 saturated carbocycles. The van der Waals surface area contributed by atoms with Gasteiger partial charge in [-0.05, 0) is 39.2 Å². The summed E-state index contributed by atoms with van der Waals surface area (Å²) in [5.41, 5.74) is 6.62. The van der Waals surface area contributed by atoms with Crippen LogP contribution in [0.1, 0.15) is 37.6 Å². The molecule has 0 bridgehead atoms. The lowest BCUT2D eigenvalue weighted by Gasteiger charge is -2.19. The fourth-order valence-electron chi connectivity index (χ4n) is 2.62. The molecule has 0 saturated heterocycles. The number of hydrogen-bond donors (Lipinski definition) is 1. The lowest BCUT2D eigenvalue weighted by molar-refractivity contribution is 0.167. The first-order chi connectivity index (χ1) is 7.52. The Kier molecular flexibility index (Phi) is 3.02. The van der Waals surface area contributed by atoms with Crippen molar-refractivity contribution in [1.82, 2.24) is 9.78 Å². The topological polar surface area (TPSA) is 43.8 Å². The number of aromatic nitrogens is 2. The van der Waals surface area contributed by atoms with Gasteiger partial charge in [-0.25, -0.2) is 4.39 Å². The average molecular weight is 225 g/mol. The van der Waals surface area contributed by atoms with E-state index in [0.29, 0.717) is 19.3 Å². The molecule has 0 spiro atoms. The summed E-state index contributed by atoms with van der Waals surface area (Å²) in [5, 5.41) is 4.34. The van der Waals surface area contributed by atoms with Crippen LogP contribution in [-0.2, 0) is 13.0 Å². The van der Waals surface area contributed by atoms with Crippen molar-refractivity contribution >= 4 is 0 Å². The van der Waals surface area contributed by atoms with Gasteiger partial charge in [0.1, 0.15) is 5.67 Å². The van der Waals surface area contributed by atoms with Crippen LogP contribution >= 0.6 is 0 Å². The van der Waals surface area contributed by atoms with Gasteiger partial charge in [-0.3, -0.25) is 4.68 Å². The quantitative estimate of drug-likeness (QED) is 0.854. The van der Waals surface area contributed by atoms with Crippen molar-refractivity contribution < 1.29 is 4.39 Å². The van der Waals surface area contributed by atoms with Crippen molar-refractivity contribution in [1.29, 1.82) is 0 Å². The zero-order valence-corrected chi connectivity index (χ0v) is 10.0. The Morgan fingerprint density at radius 1 is 1.69 bits per heavy atom. The van der Waals surface area contributed by atoms with Crippen LogP contribution < -0.4 is 5.73 Å². The summed E-state index contributed by atoms with van der Waals surface area (Å²) in [6.45, 7) is 4.77. The molecule has 2 rings (SSSR count). The maximum atomic E-state index is 14.5. The van der Waals surface area contributed by atoms with Crippen molar-refractivity contribution in [3.63, 3.8) is 0 Å². The standard InChI is InChI=1S/C12H20FN3/c1-3-16-11(6-9(2)15-16)8-12(13)5-4-10(14)7-12/h6,10H,3-5,7-8,14H2,1-2H3. The molecule has 0 radical (unpaired) electrons. The SMILES string of the molecule is CCn1nc(C)cc1CC1(F)CCC(N)C1. The molecule has 2 atom stereocenters. The number of alkyl halides is 1. The molecule has 16 heavy (non-hydrogen) atoms. The van der Waals surface area contributed by atoms with Crippen molar-refractivity contribution in [2.75, 3.05) is 0 Å². The monoisotopic (exact) mass is 225 g/mol. The molecule has 1 fully saturated rings. The van der Waals surface area contributed by atoms with E-state index in [1.165, 1.54) is 0 Å².